The number of carbonyl (C=O) groups excluding carboxylic acids is 1. The number of nitrogens with two attached hydrogens (primary N) is 1. The first kappa shape index (κ1) is 12.0. The summed E-state index contributed by atoms with van der Waals surface area (Å²) in [6.07, 6.45) is 0. The molecule has 1 aromatic carbocycles. The highest BCUT2D eigenvalue weighted by atomic mass is 16.6. The highest BCUT2D eigenvalue weighted by molar-refractivity contribution is 5.95. The lowest BCUT2D eigenvalue weighted by atomic mass is 10.1. The van der Waals surface area contributed by atoms with Crippen LogP contribution in [0.4, 0.5) is 11.4 Å². The van der Waals surface area contributed by atoms with Crippen LogP contribution >= 0.6 is 0 Å². The van der Waals surface area contributed by atoms with Gasteiger partial charge >= 0.3 is 0 Å². The predicted molar refractivity (Wildman–Crippen MR) is 60.1 cm³/mol. The van der Waals surface area contributed by atoms with Gasteiger partial charge in [-0.1, -0.05) is 0 Å². The fourth-order valence-corrected chi connectivity index (χ4v) is 1.22. The van der Waals surface area contributed by atoms with Gasteiger partial charge in [-0.2, -0.15) is 0 Å². The van der Waals surface area contributed by atoms with E-state index in [0.717, 1.165) is 0 Å². The van der Waals surface area contributed by atoms with E-state index in [1.165, 1.54) is 23.1 Å². The second kappa shape index (κ2) is 4.61. The van der Waals surface area contributed by atoms with Gasteiger partial charge in [0.15, 0.2) is 0 Å². The third kappa shape index (κ3) is 2.28. The summed E-state index contributed by atoms with van der Waals surface area (Å²) in [6.45, 7) is 2.41. The SMILES string of the molecule is CCN(C)C(=O)c1ccc([N+](=O)[O-])c(N)c1. The molecule has 2 N–H and O–H groups in total. The summed E-state index contributed by atoms with van der Waals surface area (Å²) in [5.41, 5.74) is 5.66. The molecule has 16 heavy (non-hydrogen) atoms. The first-order valence-electron chi connectivity index (χ1n) is 4.76. The molecule has 0 atom stereocenters. The van der Waals surface area contributed by atoms with Crippen LogP contribution in [0.2, 0.25) is 0 Å². The molecular weight excluding hydrogens is 210 g/mol. The lowest BCUT2D eigenvalue weighted by molar-refractivity contribution is -0.383. The largest absolute Gasteiger partial charge is 0.393 e. The van der Waals surface area contributed by atoms with E-state index in [9.17, 15) is 14.9 Å². The van der Waals surface area contributed by atoms with Crippen LogP contribution in [0.5, 0.6) is 0 Å². The molecular formula is C10H13N3O3. The minimum Gasteiger partial charge on any atom is -0.393 e. The van der Waals surface area contributed by atoms with Gasteiger partial charge in [0.1, 0.15) is 5.69 Å². The fourth-order valence-electron chi connectivity index (χ4n) is 1.22. The number of rotatable bonds is 3. The van der Waals surface area contributed by atoms with E-state index in [-0.39, 0.29) is 17.3 Å². The maximum Gasteiger partial charge on any atom is 0.292 e. The third-order valence-corrected chi connectivity index (χ3v) is 2.29. The van der Waals surface area contributed by atoms with Crippen molar-refractivity contribution in [1.29, 1.82) is 0 Å². The van der Waals surface area contributed by atoms with Crippen LogP contribution in [0, 0.1) is 10.1 Å². The van der Waals surface area contributed by atoms with Gasteiger partial charge in [0, 0.05) is 25.2 Å². The number of nitrogen functional groups attached to an aromatic ring is 1. The minimum absolute atomic E-state index is 0.000327. The molecule has 0 fully saturated rings. The molecule has 0 heterocycles. The van der Waals surface area contributed by atoms with Crippen molar-refractivity contribution in [1.82, 2.24) is 4.90 Å². The topological polar surface area (TPSA) is 89.5 Å². The van der Waals surface area contributed by atoms with Crippen LogP contribution in [-0.2, 0) is 0 Å². The smallest absolute Gasteiger partial charge is 0.292 e. The number of carbonyl (C=O) groups is 1. The van der Waals surface area contributed by atoms with Crippen LogP contribution in [0.1, 0.15) is 17.3 Å². The summed E-state index contributed by atoms with van der Waals surface area (Å²) in [5.74, 6) is -0.205. The maximum atomic E-state index is 11.7. The van der Waals surface area contributed by atoms with Crippen LogP contribution in [0.3, 0.4) is 0 Å². The van der Waals surface area contributed by atoms with E-state index in [2.05, 4.69) is 0 Å². The minimum atomic E-state index is -0.576. The number of benzene rings is 1. The summed E-state index contributed by atoms with van der Waals surface area (Å²) >= 11 is 0. The summed E-state index contributed by atoms with van der Waals surface area (Å²) < 4.78 is 0. The van der Waals surface area contributed by atoms with Crippen molar-refractivity contribution in [3.05, 3.63) is 33.9 Å². The van der Waals surface area contributed by atoms with Gasteiger partial charge in [0.05, 0.1) is 4.92 Å². The summed E-state index contributed by atoms with van der Waals surface area (Å²) in [4.78, 5) is 23.2. The Morgan fingerprint density at radius 3 is 2.62 bits per heavy atom. The summed E-state index contributed by atoms with van der Waals surface area (Å²) in [5, 5.41) is 10.5. The molecule has 0 aliphatic rings. The quantitative estimate of drug-likeness (QED) is 0.474. The Kier molecular flexibility index (Phi) is 3.44. The Morgan fingerprint density at radius 1 is 1.56 bits per heavy atom. The second-order valence-electron chi connectivity index (χ2n) is 3.35. The Hall–Kier alpha value is -2.11. The van der Waals surface area contributed by atoms with E-state index >= 15 is 0 Å². The van der Waals surface area contributed by atoms with E-state index in [1.54, 1.807) is 7.05 Å². The van der Waals surface area contributed by atoms with Gasteiger partial charge in [-0.15, -0.1) is 0 Å². The lowest BCUT2D eigenvalue weighted by Crippen LogP contribution is -2.26. The van der Waals surface area contributed by atoms with Gasteiger partial charge in [0.2, 0.25) is 0 Å². The molecule has 0 saturated carbocycles. The molecule has 86 valence electrons. The van der Waals surface area contributed by atoms with E-state index < -0.39 is 4.92 Å². The van der Waals surface area contributed by atoms with Crippen LogP contribution in [0.15, 0.2) is 18.2 Å². The van der Waals surface area contributed by atoms with Crippen LogP contribution in [-0.4, -0.2) is 29.3 Å². The van der Waals surface area contributed by atoms with Gasteiger partial charge in [0.25, 0.3) is 11.6 Å². The Bertz CT molecular complexity index is 431. The number of hydrogen-bond acceptors (Lipinski definition) is 4. The van der Waals surface area contributed by atoms with Crippen molar-refractivity contribution in [2.45, 2.75) is 6.92 Å². The van der Waals surface area contributed by atoms with Gasteiger partial charge in [-0.25, -0.2) is 0 Å². The summed E-state index contributed by atoms with van der Waals surface area (Å²) in [7, 11) is 1.65. The zero-order valence-corrected chi connectivity index (χ0v) is 9.14. The average molecular weight is 223 g/mol. The first-order chi connectivity index (χ1) is 7.47. The first-order valence-corrected chi connectivity index (χ1v) is 4.76. The number of nitro benzene ring substituents is 1. The van der Waals surface area contributed by atoms with Gasteiger partial charge < -0.3 is 10.6 Å². The van der Waals surface area contributed by atoms with Crippen molar-refractivity contribution in [3.8, 4) is 0 Å². The van der Waals surface area contributed by atoms with Crippen molar-refractivity contribution in [2.75, 3.05) is 19.3 Å². The number of amides is 1. The standard InChI is InChI=1S/C10H13N3O3/c1-3-12(2)10(14)7-4-5-9(13(15)16)8(11)6-7/h4-6H,3,11H2,1-2H3. The number of anilines is 1. The van der Waals surface area contributed by atoms with Crippen molar-refractivity contribution in [3.63, 3.8) is 0 Å². The van der Waals surface area contributed by atoms with Crippen molar-refractivity contribution >= 4 is 17.3 Å². The molecule has 0 aliphatic carbocycles. The van der Waals surface area contributed by atoms with Crippen molar-refractivity contribution < 1.29 is 9.72 Å². The molecule has 0 bridgehead atoms. The summed E-state index contributed by atoms with van der Waals surface area (Å²) in [6, 6.07) is 3.97. The highest BCUT2D eigenvalue weighted by Crippen LogP contribution is 2.22. The van der Waals surface area contributed by atoms with E-state index in [1.807, 2.05) is 6.92 Å². The monoisotopic (exact) mass is 223 g/mol. The second-order valence-corrected chi connectivity index (χ2v) is 3.35. The lowest BCUT2D eigenvalue weighted by Gasteiger charge is -2.14. The van der Waals surface area contributed by atoms with Crippen molar-refractivity contribution in [2.24, 2.45) is 0 Å². The number of hydrogen-bond donors (Lipinski definition) is 1. The van der Waals surface area contributed by atoms with E-state index in [0.29, 0.717) is 12.1 Å². The molecule has 1 amide bonds. The molecule has 6 nitrogen and oxygen atoms in total. The zero-order valence-electron chi connectivity index (χ0n) is 9.14. The van der Waals surface area contributed by atoms with Crippen LogP contribution in [0.25, 0.3) is 0 Å². The zero-order chi connectivity index (χ0) is 12.3. The normalized spacial score (nSPS) is 9.88. The predicted octanol–water partition coefficient (Wildman–Crippen LogP) is 1.27. The molecule has 0 unspecified atom stereocenters. The fraction of sp³-hybridized carbons (Fsp3) is 0.300. The molecule has 1 aromatic rings. The Labute approximate surface area is 92.8 Å². The molecule has 0 spiro atoms. The van der Waals surface area contributed by atoms with Crippen LogP contribution < -0.4 is 5.73 Å². The van der Waals surface area contributed by atoms with Gasteiger partial charge in [-0.3, -0.25) is 14.9 Å². The van der Waals surface area contributed by atoms with E-state index in [4.69, 9.17) is 5.73 Å². The third-order valence-electron chi connectivity index (χ3n) is 2.29. The van der Waals surface area contributed by atoms with Gasteiger partial charge in [-0.05, 0) is 19.1 Å². The maximum absolute atomic E-state index is 11.7. The molecule has 0 aromatic heterocycles. The molecule has 6 heteroatoms. The molecule has 0 saturated heterocycles. The molecule has 0 radical (unpaired) electrons. The Morgan fingerprint density at radius 2 is 2.19 bits per heavy atom. The average Bonchev–Trinajstić information content (AvgIpc) is 2.26. The molecule has 1 rings (SSSR count). The number of nitrogens with zero attached hydrogens (tertiary/aromatic N) is 2. The number of nitro groups is 1. The Balaban J connectivity index is 3.06. The molecule has 0 aliphatic heterocycles. The highest BCUT2D eigenvalue weighted by Gasteiger charge is 2.16.